The summed E-state index contributed by atoms with van der Waals surface area (Å²) in [7, 11) is 0. The van der Waals surface area contributed by atoms with Gasteiger partial charge in [0.2, 0.25) is 0 Å². The van der Waals surface area contributed by atoms with Gasteiger partial charge in [-0.3, -0.25) is 4.79 Å². The first-order valence-corrected chi connectivity index (χ1v) is 7.93. The number of anilines is 1. The number of hydrogen-bond donors (Lipinski definition) is 1. The van der Waals surface area contributed by atoms with Crippen molar-refractivity contribution in [3.63, 3.8) is 0 Å². The minimum Gasteiger partial charge on any atom is -0.434 e. The molecule has 2 aromatic rings. The molecule has 0 heterocycles. The quantitative estimate of drug-likeness (QED) is 0.593. The molecule has 0 aliphatic heterocycles. The minimum atomic E-state index is -2.93. The second kappa shape index (κ2) is 8.94. The van der Waals surface area contributed by atoms with Gasteiger partial charge in [-0.1, -0.05) is 35.0 Å². The fourth-order valence-corrected chi connectivity index (χ4v) is 2.53. The lowest BCUT2D eigenvalue weighted by molar-refractivity contribution is -0.120. The molecule has 0 unspecified atom stereocenters. The number of rotatable bonds is 7. The van der Waals surface area contributed by atoms with Gasteiger partial charge in [-0.15, -0.1) is 0 Å². The topological polar surface area (TPSA) is 59.9 Å². The van der Waals surface area contributed by atoms with Crippen LogP contribution in [-0.4, -0.2) is 25.3 Å². The van der Waals surface area contributed by atoms with E-state index in [4.69, 9.17) is 4.84 Å². The van der Waals surface area contributed by atoms with E-state index in [1.165, 1.54) is 12.3 Å². The number of carbonyl (C=O) groups is 1. The van der Waals surface area contributed by atoms with Crippen molar-refractivity contribution in [1.29, 1.82) is 0 Å². The minimum absolute atomic E-state index is 0.0230. The van der Waals surface area contributed by atoms with Crippen molar-refractivity contribution in [2.24, 2.45) is 5.16 Å². The SMILES string of the molecule is Cc1cc(C)c(NC(=O)CO/N=C\c2ccccc2OC(F)F)c(C)c1. The van der Waals surface area contributed by atoms with Crippen LogP contribution >= 0.6 is 0 Å². The molecule has 0 saturated carbocycles. The van der Waals surface area contributed by atoms with Crippen LogP contribution < -0.4 is 10.1 Å². The second-order valence-electron chi connectivity index (χ2n) is 5.75. The lowest BCUT2D eigenvalue weighted by Gasteiger charge is -2.12. The van der Waals surface area contributed by atoms with Crippen molar-refractivity contribution in [2.45, 2.75) is 27.4 Å². The summed E-state index contributed by atoms with van der Waals surface area (Å²) >= 11 is 0. The van der Waals surface area contributed by atoms with E-state index in [2.05, 4.69) is 15.2 Å². The van der Waals surface area contributed by atoms with Crippen LogP contribution in [0.4, 0.5) is 14.5 Å². The van der Waals surface area contributed by atoms with Crippen LogP contribution in [0.3, 0.4) is 0 Å². The standard InChI is InChI=1S/C19H20F2N2O3/c1-12-8-13(2)18(14(3)9-12)23-17(24)11-25-22-10-15-6-4-5-7-16(15)26-19(20)21/h4-10,19H,11H2,1-3H3,(H,23,24)/b22-10-. The molecule has 0 saturated heterocycles. The number of aryl methyl sites for hydroxylation is 3. The molecule has 138 valence electrons. The van der Waals surface area contributed by atoms with E-state index in [9.17, 15) is 13.6 Å². The first-order valence-electron chi connectivity index (χ1n) is 7.93. The Morgan fingerprint density at radius 1 is 1.19 bits per heavy atom. The molecular weight excluding hydrogens is 342 g/mol. The zero-order chi connectivity index (χ0) is 19.1. The number of nitrogens with zero attached hydrogens (tertiary/aromatic N) is 1. The van der Waals surface area contributed by atoms with E-state index < -0.39 is 6.61 Å². The smallest absolute Gasteiger partial charge is 0.387 e. The highest BCUT2D eigenvalue weighted by atomic mass is 19.3. The number of hydrogen-bond acceptors (Lipinski definition) is 4. The van der Waals surface area contributed by atoms with Gasteiger partial charge in [-0.05, 0) is 44.0 Å². The molecule has 0 radical (unpaired) electrons. The molecule has 2 aromatic carbocycles. The Morgan fingerprint density at radius 3 is 2.50 bits per heavy atom. The predicted molar refractivity (Wildman–Crippen MR) is 95.9 cm³/mol. The first-order chi connectivity index (χ1) is 12.4. The van der Waals surface area contributed by atoms with Crippen LogP contribution in [0, 0.1) is 20.8 Å². The van der Waals surface area contributed by atoms with Gasteiger partial charge < -0.3 is 14.9 Å². The van der Waals surface area contributed by atoms with Crippen LogP contribution in [0.5, 0.6) is 5.75 Å². The van der Waals surface area contributed by atoms with Gasteiger partial charge in [-0.2, -0.15) is 8.78 Å². The first kappa shape index (κ1) is 19.4. The third-order valence-corrected chi connectivity index (χ3v) is 3.54. The van der Waals surface area contributed by atoms with Gasteiger partial charge >= 0.3 is 6.61 Å². The van der Waals surface area contributed by atoms with E-state index >= 15 is 0 Å². The van der Waals surface area contributed by atoms with Gasteiger partial charge in [0.15, 0.2) is 6.61 Å². The maximum atomic E-state index is 12.3. The van der Waals surface area contributed by atoms with Crippen LogP contribution in [0.15, 0.2) is 41.6 Å². The van der Waals surface area contributed by atoms with E-state index in [1.807, 2.05) is 32.9 Å². The van der Waals surface area contributed by atoms with Gasteiger partial charge in [0.1, 0.15) is 5.75 Å². The van der Waals surface area contributed by atoms with Crippen molar-refractivity contribution in [2.75, 3.05) is 11.9 Å². The lowest BCUT2D eigenvalue weighted by atomic mass is 10.1. The zero-order valence-corrected chi connectivity index (χ0v) is 14.8. The molecule has 1 N–H and O–H groups in total. The highest BCUT2D eigenvalue weighted by molar-refractivity contribution is 5.93. The maximum absolute atomic E-state index is 12.3. The number of benzene rings is 2. The second-order valence-corrected chi connectivity index (χ2v) is 5.75. The van der Waals surface area contributed by atoms with Gasteiger partial charge in [-0.25, -0.2) is 0 Å². The summed E-state index contributed by atoms with van der Waals surface area (Å²) in [6, 6.07) is 10.1. The number of oxime groups is 1. The summed E-state index contributed by atoms with van der Waals surface area (Å²) in [5, 5.41) is 6.42. The highest BCUT2D eigenvalue weighted by Crippen LogP contribution is 2.22. The highest BCUT2D eigenvalue weighted by Gasteiger charge is 2.09. The predicted octanol–water partition coefficient (Wildman–Crippen LogP) is 4.20. The Bertz CT molecular complexity index is 784. The van der Waals surface area contributed by atoms with Crippen molar-refractivity contribution >= 4 is 17.8 Å². The third-order valence-electron chi connectivity index (χ3n) is 3.54. The number of para-hydroxylation sites is 1. The summed E-state index contributed by atoms with van der Waals surface area (Å²) in [6.07, 6.45) is 1.22. The molecule has 0 aliphatic rings. The number of carbonyl (C=O) groups excluding carboxylic acids is 1. The summed E-state index contributed by atoms with van der Waals surface area (Å²) in [5.41, 5.74) is 4.08. The molecule has 2 rings (SSSR count). The number of ether oxygens (including phenoxy) is 1. The van der Waals surface area contributed by atoms with Crippen molar-refractivity contribution in [3.8, 4) is 5.75 Å². The molecule has 0 atom stereocenters. The Kier molecular flexibility index (Phi) is 6.66. The molecule has 0 bridgehead atoms. The molecule has 0 aliphatic carbocycles. The zero-order valence-electron chi connectivity index (χ0n) is 14.8. The number of nitrogens with one attached hydrogen (secondary N) is 1. The molecule has 0 aromatic heterocycles. The van der Waals surface area contributed by atoms with E-state index in [0.717, 1.165) is 22.4 Å². The van der Waals surface area contributed by atoms with Crippen molar-refractivity contribution in [1.82, 2.24) is 0 Å². The van der Waals surface area contributed by atoms with Gasteiger partial charge in [0.05, 0.1) is 6.21 Å². The Morgan fingerprint density at radius 2 is 1.85 bits per heavy atom. The average Bonchev–Trinajstić information content (AvgIpc) is 2.56. The van der Waals surface area contributed by atoms with E-state index in [-0.39, 0.29) is 18.3 Å². The summed E-state index contributed by atoms with van der Waals surface area (Å²) < 4.78 is 29.1. The van der Waals surface area contributed by atoms with Gasteiger partial charge in [0, 0.05) is 11.3 Å². The monoisotopic (exact) mass is 362 g/mol. The number of amides is 1. The van der Waals surface area contributed by atoms with E-state index in [1.54, 1.807) is 18.2 Å². The molecule has 5 nitrogen and oxygen atoms in total. The van der Waals surface area contributed by atoms with Crippen LogP contribution in [0.2, 0.25) is 0 Å². The Labute approximate surface area is 150 Å². The Hall–Kier alpha value is -2.96. The lowest BCUT2D eigenvalue weighted by Crippen LogP contribution is -2.18. The number of alkyl halides is 2. The van der Waals surface area contributed by atoms with Gasteiger partial charge in [0.25, 0.3) is 5.91 Å². The van der Waals surface area contributed by atoms with Crippen molar-refractivity contribution in [3.05, 3.63) is 58.7 Å². The molecule has 26 heavy (non-hydrogen) atoms. The summed E-state index contributed by atoms with van der Waals surface area (Å²) in [6.45, 7) is 2.57. The molecule has 1 amide bonds. The largest absolute Gasteiger partial charge is 0.434 e. The molecule has 0 spiro atoms. The van der Waals surface area contributed by atoms with Crippen LogP contribution in [0.25, 0.3) is 0 Å². The molecular formula is C19H20F2N2O3. The maximum Gasteiger partial charge on any atom is 0.387 e. The molecule has 0 fully saturated rings. The Balaban J connectivity index is 1.92. The fraction of sp³-hybridized carbons (Fsp3) is 0.263. The summed E-state index contributed by atoms with van der Waals surface area (Å²) in [5.74, 6) is -0.389. The number of halogens is 2. The average molecular weight is 362 g/mol. The van der Waals surface area contributed by atoms with Crippen LogP contribution in [0.1, 0.15) is 22.3 Å². The van der Waals surface area contributed by atoms with Crippen molar-refractivity contribution < 1.29 is 23.1 Å². The normalized spacial score (nSPS) is 11.0. The van der Waals surface area contributed by atoms with Crippen LogP contribution in [-0.2, 0) is 9.63 Å². The third kappa shape index (κ3) is 5.54. The fourth-order valence-electron chi connectivity index (χ4n) is 2.53. The van der Waals surface area contributed by atoms with E-state index in [0.29, 0.717) is 5.56 Å². The summed E-state index contributed by atoms with van der Waals surface area (Å²) in [4.78, 5) is 16.9. The molecule has 7 heteroatoms.